The van der Waals surface area contributed by atoms with Crippen molar-refractivity contribution in [2.24, 2.45) is 5.73 Å². The van der Waals surface area contributed by atoms with Gasteiger partial charge in [-0.05, 0) is 18.6 Å². The van der Waals surface area contributed by atoms with Crippen LogP contribution in [-0.4, -0.2) is 6.43 Å². The van der Waals surface area contributed by atoms with Gasteiger partial charge in [0.15, 0.2) is 0 Å². The van der Waals surface area contributed by atoms with Crippen molar-refractivity contribution in [1.82, 2.24) is 0 Å². The van der Waals surface area contributed by atoms with Crippen molar-refractivity contribution < 1.29 is 17.6 Å². The average Bonchev–Trinajstić information content (AvgIpc) is 2.11. The van der Waals surface area contributed by atoms with Gasteiger partial charge in [-0.3, -0.25) is 0 Å². The fourth-order valence-corrected chi connectivity index (χ4v) is 1.33. The van der Waals surface area contributed by atoms with Gasteiger partial charge in [0.25, 0.3) is 0 Å². The van der Waals surface area contributed by atoms with Crippen LogP contribution in [0.5, 0.6) is 0 Å². The van der Waals surface area contributed by atoms with Crippen LogP contribution in [0.4, 0.5) is 17.6 Å². The predicted octanol–water partition coefficient (Wildman–Crippen LogP) is 3.35. The second-order valence-electron chi connectivity index (χ2n) is 3.33. The Balaban J connectivity index is 0.00000225. The zero-order valence-corrected chi connectivity index (χ0v) is 9.33. The first-order valence-corrected chi connectivity index (χ1v) is 4.41. The Morgan fingerprint density at radius 1 is 1.25 bits per heavy atom. The maximum Gasteiger partial charge on any atom is 0.240 e. The number of alkyl halides is 2. The molecule has 0 aliphatic heterocycles. The first kappa shape index (κ1) is 15.2. The van der Waals surface area contributed by atoms with Gasteiger partial charge in [-0.2, -0.15) is 0 Å². The molecule has 0 amide bonds. The minimum absolute atomic E-state index is 0. The van der Waals surface area contributed by atoms with Crippen molar-refractivity contribution in [3.8, 4) is 0 Å². The molecule has 6 heteroatoms. The standard InChI is InChI=1S/C10H11F4N.ClH/c1-5-2-3-6(11)9(10(5)14)7(15)4-8(12)13;/h2-3,7-8H,4,15H2,1H3;1H/t7-;/m0./s1. The number of halogens is 5. The summed E-state index contributed by atoms with van der Waals surface area (Å²) < 4.78 is 50.6. The van der Waals surface area contributed by atoms with Gasteiger partial charge < -0.3 is 5.73 Å². The highest BCUT2D eigenvalue weighted by Crippen LogP contribution is 2.25. The molecule has 1 aromatic carbocycles. The third-order valence-corrected chi connectivity index (χ3v) is 2.12. The fraction of sp³-hybridized carbons (Fsp3) is 0.400. The molecule has 1 atom stereocenters. The van der Waals surface area contributed by atoms with Gasteiger partial charge in [0.1, 0.15) is 11.6 Å². The minimum atomic E-state index is -2.68. The highest BCUT2D eigenvalue weighted by Gasteiger charge is 2.21. The summed E-state index contributed by atoms with van der Waals surface area (Å²) in [5.41, 5.74) is 5.03. The number of hydrogen-bond donors (Lipinski definition) is 1. The van der Waals surface area contributed by atoms with E-state index in [2.05, 4.69) is 0 Å². The van der Waals surface area contributed by atoms with E-state index < -0.39 is 36.1 Å². The molecule has 0 aliphatic carbocycles. The smallest absolute Gasteiger partial charge is 0.240 e. The molecule has 0 aliphatic rings. The van der Waals surface area contributed by atoms with Crippen molar-refractivity contribution in [2.45, 2.75) is 25.8 Å². The summed E-state index contributed by atoms with van der Waals surface area (Å²) >= 11 is 0. The second-order valence-corrected chi connectivity index (χ2v) is 3.33. The lowest BCUT2D eigenvalue weighted by molar-refractivity contribution is 0.127. The zero-order chi connectivity index (χ0) is 11.6. The largest absolute Gasteiger partial charge is 0.324 e. The lowest BCUT2D eigenvalue weighted by atomic mass is 10.0. The highest BCUT2D eigenvalue weighted by atomic mass is 35.5. The summed E-state index contributed by atoms with van der Waals surface area (Å²) in [4.78, 5) is 0. The molecule has 0 saturated heterocycles. The van der Waals surface area contributed by atoms with Crippen LogP contribution in [-0.2, 0) is 0 Å². The topological polar surface area (TPSA) is 26.0 Å². The average molecular weight is 258 g/mol. The van der Waals surface area contributed by atoms with Gasteiger partial charge in [-0.1, -0.05) is 6.07 Å². The molecule has 92 valence electrons. The second kappa shape index (κ2) is 6.06. The molecule has 0 fully saturated rings. The van der Waals surface area contributed by atoms with Crippen LogP contribution >= 0.6 is 12.4 Å². The Morgan fingerprint density at radius 3 is 2.31 bits per heavy atom. The van der Waals surface area contributed by atoms with E-state index in [0.717, 1.165) is 6.07 Å². The van der Waals surface area contributed by atoms with Gasteiger partial charge >= 0.3 is 0 Å². The summed E-state index contributed by atoms with van der Waals surface area (Å²) in [7, 11) is 0. The van der Waals surface area contributed by atoms with E-state index in [1.54, 1.807) is 0 Å². The maximum atomic E-state index is 13.4. The van der Waals surface area contributed by atoms with E-state index in [1.807, 2.05) is 0 Å². The molecule has 0 saturated carbocycles. The van der Waals surface area contributed by atoms with E-state index in [9.17, 15) is 17.6 Å². The van der Waals surface area contributed by atoms with Crippen LogP contribution in [0, 0.1) is 18.6 Å². The number of aryl methyl sites for hydroxylation is 1. The third kappa shape index (κ3) is 3.35. The maximum absolute atomic E-state index is 13.4. The lowest BCUT2D eigenvalue weighted by Gasteiger charge is -2.14. The van der Waals surface area contributed by atoms with Crippen LogP contribution < -0.4 is 5.73 Å². The Kier molecular flexibility index (Phi) is 5.75. The summed E-state index contributed by atoms with van der Waals surface area (Å²) in [5.74, 6) is -1.73. The Morgan fingerprint density at radius 2 is 1.81 bits per heavy atom. The van der Waals surface area contributed by atoms with Gasteiger partial charge in [0.05, 0.1) is 0 Å². The molecular formula is C10H12ClF4N. The van der Waals surface area contributed by atoms with E-state index in [4.69, 9.17) is 5.73 Å². The van der Waals surface area contributed by atoms with E-state index in [1.165, 1.54) is 13.0 Å². The first-order valence-electron chi connectivity index (χ1n) is 4.41. The highest BCUT2D eigenvalue weighted by molar-refractivity contribution is 5.85. The third-order valence-electron chi connectivity index (χ3n) is 2.12. The number of hydrogen-bond acceptors (Lipinski definition) is 1. The van der Waals surface area contributed by atoms with Crippen LogP contribution in [0.1, 0.15) is 23.6 Å². The van der Waals surface area contributed by atoms with Crippen LogP contribution in [0.2, 0.25) is 0 Å². The van der Waals surface area contributed by atoms with Gasteiger partial charge in [-0.25, -0.2) is 17.6 Å². The van der Waals surface area contributed by atoms with Crippen LogP contribution in [0.15, 0.2) is 12.1 Å². The van der Waals surface area contributed by atoms with E-state index in [0.29, 0.717) is 0 Å². The number of benzene rings is 1. The van der Waals surface area contributed by atoms with Crippen molar-refractivity contribution in [1.29, 1.82) is 0 Å². The van der Waals surface area contributed by atoms with E-state index >= 15 is 0 Å². The number of nitrogens with two attached hydrogens (primary N) is 1. The van der Waals surface area contributed by atoms with Crippen LogP contribution in [0.3, 0.4) is 0 Å². The molecule has 16 heavy (non-hydrogen) atoms. The normalized spacial score (nSPS) is 12.4. The molecule has 0 aromatic heterocycles. The molecule has 2 N–H and O–H groups in total. The van der Waals surface area contributed by atoms with Crippen molar-refractivity contribution in [3.63, 3.8) is 0 Å². The summed E-state index contributed by atoms with van der Waals surface area (Å²) in [6.07, 6.45) is -3.43. The van der Waals surface area contributed by atoms with Crippen molar-refractivity contribution >= 4 is 12.4 Å². The molecule has 1 aromatic rings. The van der Waals surface area contributed by atoms with Crippen molar-refractivity contribution in [2.75, 3.05) is 0 Å². The quantitative estimate of drug-likeness (QED) is 0.826. The zero-order valence-electron chi connectivity index (χ0n) is 8.51. The minimum Gasteiger partial charge on any atom is -0.324 e. The molecule has 0 spiro atoms. The lowest BCUT2D eigenvalue weighted by Crippen LogP contribution is -2.17. The Labute approximate surface area is 97.0 Å². The molecule has 0 unspecified atom stereocenters. The first-order chi connectivity index (χ1) is 6.93. The monoisotopic (exact) mass is 257 g/mol. The Hall–Kier alpha value is -0.810. The van der Waals surface area contributed by atoms with Crippen LogP contribution in [0.25, 0.3) is 0 Å². The van der Waals surface area contributed by atoms with E-state index in [-0.39, 0.29) is 18.0 Å². The molecule has 1 rings (SSSR count). The fourth-order valence-electron chi connectivity index (χ4n) is 1.33. The summed E-state index contributed by atoms with van der Waals surface area (Å²) in [6, 6.07) is 0.951. The van der Waals surface area contributed by atoms with Gasteiger partial charge in [-0.15, -0.1) is 12.4 Å². The van der Waals surface area contributed by atoms with Gasteiger partial charge in [0.2, 0.25) is 6.43 Å². The van der Waals surface area contributed by atoms with Gasteiger partial charge in [0, 0.05) is 18.0 Å². The molecular weight excluding hydrogens is 246 g/mol. The molecule has 0 heterocycles. The molecule has 0 radical (unpaired) electrons. The number of rotatable bonds is 3. The van der Waals surface area contributed by atoms with Crippen molar-refractivity contribution in [3.05, 3.63) is 34.9 Å². The molecule has 1 nitrogen and oxygen atoms in total. The summed E-state index contributed by atoms with van der Waals surface area (Å²) in [5, 5.41) is 0. The molecule has 0 bridgehead atoms. The Bertz CT molecular complexity index is 357. The predicted molar refractivity (Wildman–Crippen MR) is 55.9 cm³/mol. The summed E-state index contributed by atoms with van der Waals surface area (Å²) in [6.45, 7) is 1.42. The SMILES string of the molecule is Cc1ccc(F)c([C@@H](N)CC(F)F)c1F.Cl.